The van der Waals surface area contributed by atoms with E-state index in [1.807, 2.05) is 38.1 Å². The summed E-state index contributed by atoms with van der Waals surface area (Å²) in [7, 11) is 0. The highest BCUT2D eigenvalue weighted by Gasteiger charge is 2.17. The Morgan fingerprint density at radius 2 is 2.00 bits per heavy atom. The monoisotopic (exact) mass is 408 g/mol. The number of nitrogens with zero attached hydrogens (tertiary/aromatic N) is 3. The second-order valence-corrected chi connectivity index (χ2v) is 8.39. The van der Waals surface area contributed by atoms with Crippen LogP contribution in [0.15, 0.2) is 35.1 Å². The van der Waals surface area contributed by atoms with Crippen molar-refractivity contribution in [3.05, 3.63) is 68.1 Å². The molecular formula is C22H24N4O2S. The van der Waals surface area contributed by atoms with Gasteiger partial charge in [-0.1, -0.05) is 24.3 Å². The van der Waals surface area contributed by atoms with Gasteiger partial charge in [0, 0.05) is 18.2 Å². The second kappa shape index (κ2) is 8.29. The van der Waals surface area contributed by atoms with Crippen molar-refractivity contribution in [3.8, 4) is 10.6 Å². The average molecular weight is 409 g/mol. The zero-order valence-corrected chi connectivity index (χ0v) is 17.5. The molecular weight excluding hydrogens is 384 g/mol. The normalized spacial score (nSPS) is 13.2. The molecule has 0 bridgehead atoms. The van der Waals surface area contributed by atoms with E-state index in [9.17, 15) is 9.59 Å². The minimum absolute atomic E-state index is 0.101. The number of nitrogens with one attached hydrogen (secondary N) is 1. The predicted molar refractivity (Wildman–Crippen MR) is 114 cm³/mol. The van der Waals surface area contributed by atoms with Gasteiger partial charge in [0.25, 0.3) is 11.5 Å². The van der Waals surface area contributed by atoms with Crippen LogP contribution in [-0.2, 0) is 19.4 Å². The number of rotatable bonds is 5. The topological polar surface area (TPSA) is 76.9 Å². The van der Waals surface area contributed by atoms with E-state index in [0.29, 0.717) is 18.0 Å². The van der Waals surface area contributed by atoms with Crippen molar-refractivity contribution < 1.29 is 4.79 Å². The molecule has 0 aliphatic heterocycles. The highest BCUT2D eigenvalue weighted by molar-refractivity contribution is 7.17. The van der Waals surface area contributed by atoms with Gasteiger partial charge < -0.3 is 5.32 Å². The van der Waals surface area contributed by atoms with Crippen molar-refractivity contribution in [1.29, 1.82) is 0 Å². The SMILES string of the molecule is Cc1ccccc1-c1nc(C)c(C(=O)NCCn2nc3c(cc2=O)CCCC3)s1. The molecule has 7 heteroatoms. The van der Waals surface area contributed by atoms with Gasteiger partial charge in [0.1, 0.15) is 9.88 Å². The Morgan fingerprint density at radius 1 is 1.21 bits per heavy atom. The lowest BCUT2D eigenvalue weighted by atomic mass is 9.97. The first kappa shape index (κ1) is 19.5. The summed E-state index contributed by atoms with van der Waals surface area (Å²) in [5.74, 6) is -0.161. The maximum absolute atomic E-state index is 12.7. The molecule has 4 rings (SSSR count). The number of aromatic nitrogens is 3. The van der Waals surface area contributed by atoms with Gasteiger partial charge in [-0.05, 0) is 50.7 Å². The number of amides is 1. The maximum atomic E-state index is 12.7. The summed E-state index contributed by atoms with van der Waals surface area (Å²) in [6.45, 7) is 4.60. The number of fused-ring (bicyclic) bond motifs is 1. The molecule has 0 saturated heterocycles. The molecule has 0 unspecified atom stereocenters. The summed E-state index contributed by atoms with van der Waals surface area (Å²) in [6, 6.07) is 9.72. The van der Waals surface area contributed by atoms with Crippen LogP contribution in [0.4, 0.5) is 0 Å². The van der Waals surface area contributed by atoms with Crippen molar-refractivity contribution >= 4 is 17.2 Å². The van der Waals surface area contributed by atoms with Crippen LogP contribution in [0.1, 0.15) is 45.0 Å². The van der Waals surface area contributed by atoms with E-state index in [2.05, 4.69) is 15.4 Å². The molecule has 1 N–H and O–H groups in total. The van der Waals surface area contributed by atoms with E-state index in [4.69, 9.17) is 0 Å². The Morgan fingerprint density at radius 3 is 2.83 bits per heavy atom. The number of carbonyl (C=O) groups is 1. The van der Waals surface area contributed by atoms with Gasteiger partial charge in [-0.2, -0.15) is 5.10 Å². The quantitative estimate of drug-likeness (QED) is 0.703. The van der Waals surface area contributed by atoms with Crippen molar-refractivity contribution in [1.82, 2.24) is 20.1 Å². The lowest BCUT2D eigenvalue weighted by Crippen LogP contribution is -2.33. The van der Waals surface area contributed by atoms with Gasteiger partial charge in [0.05, 0.1) is 17.9 Å². The summed E-state index contributed by atoms with van der Waals surface area (Å²) < 4.78 is 1.46. The Hall–Kier alpha value is -2.80. The summed E-state index contributed by atoms with van der Waals surface area (Å²) in [5.41, 5.74) is 4.88. The van der Waals surface area contributed by atoms with Crippen molar-refractivity contribution in [2.75, 3.05) is 6.54 Å². The van der Waals surface area contributed by atoms with Crippen LogP contribution in [0.5, 0.6) is 0 Å². The molecule has 1 aliphatic carbocycles. The number of hydrogen-bond donors (Lipinski definition) is 1. The highest BCUT2D eigenvalue weighted by atomic mass is 32.1. The lowest BCUT2D eigenvalue weighted by Gasteiger charge is -2.15. The molecule has 0 fully saturated rings. The summed E-state index contributed by atoms with van der Waals surface area (Å²) in [4.78, 5) is 30.1. The molecule has 2 heterocycles. The molecule has 0 atom stereocenters. The minimum Gasteiger partial charge on any atom is -0.349 e. The van der Waals surface area contributed by atoms with E-state index in [0.717, 1.165) is 58.8 Å². The molecule has 0 saturated carbocycles. The van der Waals surface area contributed by atoms with Crippen LogP contribution in [0.25, 0.3) is 10.6 Å². The van der Waals surface area contributed by atoms with E-state index < -0.39 is 0 Å². The fourth-order valence-electron chi connectivity index (χ4n) is 3.65. The van der Waals surface area contributed by atoms with E-state index >= 15 is 0 Å². The Bertz CT molecular complexity index is 1120. The van der Waals surface area contributed by atoms with Crippen LogP contribution in [-0.4, -0.2) is 27.2 Å². The van der Waals surface area contributed by atoms with E-state index in [1.54, 1.807) is 6.07 Å². The fraction of sp³-hybridized carbons (Fsp3) is 0.364. The van der Waals surface area contributed by atoms with Gasteiger partial charge in [0.2, 0.25) is 0 Å². The zero-order valence-electron chi connectivity index (χ0n) is 16.7. The molecule has 0 radical (unpaired) electrons. The number of hydrogen-bond acceptors (Lipinski definition) is 5. The Balaban J connectivity index is 1.43. The number of carbonyl (C=O) groups excluding carboxylic acids is 1. The smallest absolute Gasteiger partial charge is 0.267 e. The van der Waals surface area contributed by atoms with Gasteiger partial charge in [0.15, 0.2) is 0 Å². The summed E-state index contributed by atoms with van der Waals surface area (Å²) in [6.07, 6.45) is 4.09. The third-order valence-corrected chi connectivity index (χ3v) is 6.45. The van der Waals surface area contributed by atoms with Crippen molar-refractivity contribution in [3.63, 3.8) is 0 Å². The number of benzene rings is 1. The maximum Gasteiger partial charge on any atom is 0.267 e. The fourth-order valence-corrected chi connectivity index (χ4v) is 4.73. The largest absolute Gasteiger partial charge is 0.349 e. The highest BCUT2D eigenvalue weighted by Crippen LogP contribution is 2.30. The van der Waals surface area contributed by atoms with E-state index in [1.165, 1.54) is 16.0 Å². The molecule has 29 heavy (non-hydrogen) atoms. The van der Waals surface area contributed by atoms with Crippen LogP contribution < -0.4 is 10.9 Å². The second-order valence-electron chi connectivity index (χ2n) is 7.39. The van der Waals surface area contributed by atoms with Gasteiger partial charge >= 0.3 is 0 Å². The molecule has 3 aromatic rings. The first-order valence-electron chi connectivity index (χ1n) is 9.94. The van der Waals surface area contributed by atoms with Gasteiger partial charge in [-0.25, -0.2) is 9.67 Å². The molecule has 1 aliphatic rings. The standard InChI is InChI=1S/C22H24N4O2S/c1-14-7-3-5-9-17(14)22-24-15(2)20(29-22)21(28)23-11-12-26-19(27)13-16-8-4-6-10-18(16)25-26/h3,5,7,9,13H,4,6,8,10-12H2,1-2H3,(H,23,28). The minimum atomic E-state index is -0.161. The van der Waals surface area contributed by atoms with Crippen molar-refractivity contribution in [2.45, 2.75) is 46.1 Å². The van der Waals surface area contributed by atoms with Crippen LogP contribution >= 0.6 is 11.3 Å². The third kappa shape index (κ3) is 4.15. The summed E-state index contributed by atoms with van der Waals surface area (Å²) in [5, 5.41) is 8.25. The van der Waals surface area contributed by atoms with Crippen LogP contribution in [0.3, 0.4) is 0 Å². The van der Waals surface area contributed by atoms with Gasteiger partial charge in [-0.15, -0.1) is 11.3 Å². The Kier molecular flexibility index (Phi) is 5.58. The lowest BCUT2D eigenvalue weighted by molar-refractivity contribution is 0.0955. The van der Waals surface area contributed by atoms with Crippen LogP contribution in [0.2, 0.25) is 0 Å². The molecule has 1 aromatic carbocycles. The number of thiazole rings is 1. The average Bonchev–Trinajstić information content (AvgIpc) is 3.10. The third-order valence-electron chi connectivity index (χ3n) is 5.26. The molecule has 2 aromatic heterocycles. The van der Waals surface area contributed by atoms with Crippen molar-refractivity contribution in [2.24, 2.45) is 0 Å². The first-order valence-corrected chi connectivity index (χ1v) is 10.8. The van der Waals surface area contributed by atoms with Gasteiger partial charge in [-0.3, -0.25) is 9.59 Å². The zero-order chi connectivity index (χ0) is 20.4. The summed E-state index contributed by atoms with van der Waals surface area (Å²) >= 11 is 1.40. The predicted octanol–water partition coefficient (Wildman–Crippen LogP) is 3.29. The molecule has 0 spiro atoms. The molecule has 1 amide bonds. The number of aryl methyl sites for hydroxylation is 4. The Labute approximate surface area is 173 Å². The molecule has 6 nitrogen and oxygen atoms in total. The van der Waals surface area contributed by atoms with Crippen LogP contribution in [0, 0.1) is 13.8 Å². The first-order chi connectivity index (χ1) is 14.0. The molecule has 150 valence electrons. The van der Waals surface area contributed by atoms with E-state index in [-0.39, 0.29) is 11.5 Å².